The summed E-state index contributed by atoms with van der Waals surface area (Å²) in [7, 11) is 0. The lowest BCUT2D eigenvalue weighted by molar-refractivity contribution is -0.110. The van der Waals surface area contributed by atoms with Crippen LogP contribution in [0.25, 0.3) is 5.57 Å². The van der Waals surface area contributed by atoms with E-state index in [1.165, 1.54) is 12.1 Å². The molecule has 0 fully saturated rings. The van der Waals surface area contributed by atoms with E-state index in [1.807, 2.05) is 24.3 Å². The lowest BCUT2D eigenvalue weighted by Gasteiger charge is -2.04. The van der Waals surface area contributed by atoms with Gasteiger partial charge < -0.3 is 11.1 Å². The minimum absolute atomic E-state index is 0.172. The van der Waals surface area contributed by atoms with Gasteiger partial charge in [-0.3, -0.25) is 9.79 Å². The molecule has 3 rings (SSSR count). The maximum absolute atomic E-state index is 13.1. The second-order valence-electron chi connectivity index (χ2n) is 5.12. The van der Waals surface area contributed by atoms with Crippen LogP contribution in [0.15, 0.2) is 59.6 Å². The minimum Gasteiger partial charge on any atom is -0.329 e. The van der Waals surface area contributed by atoms with Gasteiger partial charge >= 0.3 is 0 Å². The molecule has 0 aliphatic carbocycles. The average molecular weight is 309 g/mol. The number of amides is 1. The number of allylic oxidation sites excluding steroid dienone is 1. The molecule has 0 radical (unpaired) electrons. The number of benzene rings is 2. The molecule has 0 saturated heterocycles. The molecule has 2 aromatic rings. The van der Waals surface area contributed by atoms with Crippen LogP contribution in [0.3, 0.4) is 0 Å². The Morgan fingerprint density at radius 2 is 1.91 bits per heavy atom. The summed E-state index contributed by atoms with van der Waals surface area (Å²) in [5.41, 5.74) is 9.03. The van der Waals surface area contributed by atoms with E-state index in [4.69, 9.17) is 5.73 Å². The van der Waals surface area contributed by atoms with E-state index in [9.17, 15) is 9.18 Å². The average Bonchev–Trinajstić information content (AvgIpc) is 2.88. The van der Waals surface area contributed by atoms with Crippen molar-refractivity contribution in [2.45, 2.75) is 0 Å². The molecule has 0 unspecified atom stereocenters. The number of para-hydroxylation sites is 1. The van der Waals surface area contributed by atoms with Crippen LogP contribution in [-0.2, 0) is 4.79 Å². The Kier molecular flexibility index (Phi) is 4.30. The minimum atomic E-state index is -0.316. The lowest BCUT2D eigenvalue weighted by Crippen LogP contribution is -2.09. The fourth-order valence-corrected chi connectivity index (χ4v) is 2.44. The highest BCUT2D eigenvalue weighted by atomic mass is 19.1. The van der Waals surface area contributed by atoms with Crippen molar-refractivity contribution in [3.63, 3.8) is 0 Å². The number of fused-ring (bicyclic) bond motifs is 1. The van der Waals surface area contributed by atoms with Gasteiger partial charge in [-0.2, -0.15) is 0 Å². The van der Waals surface area contributed by atoms with Crippen molar-refractivity contribution in [2.24, 2.45) is 10.7 Å². The van der Waals surface area contributed by atoms with E-state index in [2.05, 4.69) is 10.3 Å². The smallest absolute Gasteiger partial charge is 0.256 e. The Morgan fingerprint density at radius 3 is 2.65 bits per heavy atom. The number of carbonyl (C=O) groups excluding carboxylic acids is 1. The molecule has 23 heavy (non-hydrogen) atoms. The normalized spacial score (nSPS) is 15.7. The van der Waals surface area contributed by atoms with Crippen molar-refractivity contribution in [3.05, 3.63) is 71.6 Å². The molecule has 116 valence electrons. The molecular weight excluding hydrogens is 293 g/mol. The Balaban J connectivity index is 2.05. The molecule has 1 amide bonds. The molecule has 0 aromatic heterocycles. The zero-order valence-electron chi connectivity index (χ0n) is 12.4. The van der Waals surface area contributed by atoms with Crippen LogP contribution in [0.2, 0.25) is 0 Å². The monoisotopic (exact) mass is 309 g/mol. The predicted molar refractivity (Wildman–Crippen MR) is 89.9 cm³/mol. The number of hydrogen-bond donors (Lipinski definition) is 2. The van der Waals surface area contributed by atoms with Gasteiger partial charge in [-0.1, -0.05) is 18.2 Å². The SMILES string of the molecule is NCCN=C(/C=C1/C(=O)Nc2ccccc21)c1ccc(F)cc1. The number of anilines is 1. The zero-order valence-corrected chi connectivity index (χ0v) is 12.4. The highest BCUT2D eigenvalue weighted by molar-refractivity contribution is 6.35. The summed E-state index contributed by atoms with van der Waals surface area (Å²) in [4.78, 5) is 16.6. The van der Waals surface area contributed by atoms with E-state index in [-0.39, 0.29) is 11.7 Å². The van der Waals surface area contributed by atoms with Crippen molar-refractivity contribution >= 4 is 22.9 Å². The largest absolute Gasteiger partial charge is 0.329 e. The maximum atomic E-state index is 13.1. The lowest BCUT2D eigenvalue weighted by atomic mass is 10.0. The Labute approximate surface area is 133 Å². The number of nitrogens with zero attached hydrogens (tertiary/aromatic N) is 1. The number of aliphatic imine (C=N–C) groups is 1. The number of carbonyl (C=O) groups is 1. The highest BCUT2D eigenvalue weighted by Gasteiger charge is 2.24. The summed E-state index contributed by atoms with van der Waals surface area (Å²) in [5, 5.41) is 2.82. The Hall–Kier alpha value is -2.79. The van der Waals surface area contributed by atoms with Gasteiger partial charge in [0.25, 0.3) is 5.91 Å². The summed E-state index contributed by atoms with van der Waals surface area (Å²) >= 11 is 0. The van der Waals surface area contributed by atoms with E-state index < -0.39 is 0 Å². The van der Waals surface area contributed by atoms with Crippen molar-refractivity contribution in [1.29, 1.82) is 0 Å². The first-order valence-electron chi connectivity index (χ1n) is 7.32. The third-order valence-corrected chi connectivity index (χ3v) is 3.54. The third kappa shape index (κ3) is 3.19. The van der Waals surface area contributed by atoms with Gasteiger partial charge in [-0.25, -0.2) is 4.39 Å². The third-order valence-electron chi connectivity index (χ3n) is 3.54. The maximum Gasteiger partial charge on any atom is 0.256 e. The van der Waals surface area contributed by atoms with Crippen LogP contribution < -0.4 is 11.1 Å². The first-order valence-corrected chi connectivity index (χ1v) is 7.32. The molecule has 2 aromatic carbocycles. The van der Waals surface area contributed by atoms with Crippen molar-refractivity contribution < 1.29 is 9.18 Å². The van der Waals surface area contributed by atoms with Crippen LogP contribution in [0.4, 0.5) is 10.1 Å². The quantitative estimate of drug-likeness (QED) is 0.673. The molecule has 1 heterocycles. The fraction of sp³-hybridized carbons (Fsp3) is 0.111. The van der Waals surface area contributed by atoms with Gasteiger partial charge in [0.05, 0.1) is 17.8 Å². The van der Waals surface area contributed by atoms with Crippen LogP contribution in [0, 0.1) is 5.82 Å². The second-order valence-corrected chi connectivity index (χ2v) is 5.12. The van der Waals surface area contributed by atoms with Gasteiger partial charge in [0.15, 0.2) is 0 Å². The molecule has 3 N–H and O–H groups in total. The summed E-state index contributed by atoms with van der Waals surface area (Å²) in [6, 6.07) is 13.5. The first kappa shape index (κ1) is 15.1. The van der Waals surface area contributed by atoms with Crippen LogP contribution >= 0.6 is 0 Å². The fourth-order valence-electron chi connectivity index (χ4n) is 2.44. The topological polar surface area (TPSA) is 67.5 Å². The van der Waals surface area contributed by atoms with E-state index in [0.29, 0.717) is 24.4 Å². The molecular formula is C18H16FN3O. The highest BCUT2D eigenvalue weighted by Crippen LogP contribution is 2.31. The van der Waals surface area contributed by atoms with Gasteiger partial charge in [-0.05, 0) is 42.0 Å². The van der Waals surface area contributed by atoms with Crippen molar-refractivity contribution in [3.8, 4) is 0 Å². The predicted octanol–water partition coefficient (Wildman–Crippen LogP) is 2.61. The molecule has 1 aliphatic rings. The number of rotatable bonds is 4. The van der Waals surface area contributed by atoms with Crippen LogP contribution in [0.5, 0.6) is 0 Å². The van der Waals surface area contributed by atoms with Gasteiger partial charge in [-0.15, -0.1) is 0 Å². The molecule has 0 spiro atoms. The Morgan fingerprint density at radius 1 is 1.17 bits per heavy atom. The van der Waals surface area contributed by atoms with E-state index >= 15 is 0 Å². The van der Waals surface area contributed by atoms with Crippen molar-refractivity contribution in [2.75, 3.05) is 18.4 Å². The van der Waals surface area contributed by atoms with Crippen LogP contribution in [0.1, 0.15) is 11.1 Å². The zero-order chi connectivity index (χ0) is 16.2. The van der Waals surface area contributed by atoms with Crippen LogP contribution in [-0.4, -0.2) is 24.7 Å². The standard InChI is InChI=1S/C18H16FN3O/c19-13-7-5-12(6-8-13)17(21-10-9-20)11-15-14-3-1-2-4-16(14)22-18(15)23/h1-8,11H,9-10,20H2,(H,22,23)/b15-11+,21-17?. The van der Waals surface area contributed by atoms with E-state index in [0.717, 1.165) is 16.8 Å². The number of halogens is 1. The summed E-state index contributed by atoms with van der Waals surface area (Å²) < 4.78 is 13.1. The number of hydrogen-bond acceptors (Lipinski definition) is 3. The number of nitrogens with one attached hydrogen (secondary N) is 1. The van der Waals surface area contributed by atoms with E-state index in [1.54, 1.807) is 18.2 Å². The molecule has 1 aliphatic heterocycles. The van der Waals surface area contributed by atoms with Gasteiger partial charge in [0, 0.05) is 17.8 Å². The Bertz CT molecular complexity index is 794. The molecule has 0 bridgehead atoms. The molecule has 5 heteroatoms. The summed E-state index contributed by atoms with van der Waals surface area (Å²) in [5.74, 6) is -0.489. The van der Waals surface area contributed by atoms with Crippen molar-refractivity contribution in [1.82, 2.24) is 0 Å². The summed E-state index contributed by atoms with van der Waals surface area (Å²) in [6.45, 7) is 0.830. The molecule has 4 nitrogen and oxygen atoms in total. The molecule has 0 atom stereocenters. The second kappa shape index (κ2) is 6.54. The molecule has 0 saturated carbocycles. The first-order chi connectivity index (χ1) is 11.2. The van der Waals surface area contributed by atoms with Gasteiger partial charge in [0.2, 0.25) is 0 Å². The van der Waals surface area contributed by atoms with Gasteiger partial charge in [0.1, 0.15) is 5.82 Å². The number of nitrogens with two attached hydrogens (primary N) is 1. The summed E-state index contributed by atoms with van der Waals surface area (Å²) in [6.07, 6.45) is 1.73.